The highest BCUT2D eigenvalue weighted by Crippen LogP contribution is 2.19. The average molecular weight is 261 g/mol. The van der Waals surface area contributed by atoms with E-state index in [9.17, 15) is 4.79 Å². The van der Waals surface area contributed by atoms with Crippen molar-refractivity contribution in [3.63, 3.8) is 0 Å². The van der Waals surface area contributed by atoms with Crippen LogP contribution in [-0.2, 0) is 11.2 Å². The van der Waals surface area contributed by atoms with Gasteiger partial charge in [0.2, 0.25) is 0 Å². The summed E-state index contributed by atoms with van der Waals surface area (Å²) in [6.07, 6.45) is 4.94. The van der Waals surface area contributed by atoms with Crippen LogP contribution in [-0.4, -0.2) is 35.6 Å². The van der Waals surface area contributed by atoms with Gasteiger partial charge in [0.1, 0.15) is 0 Å². The molecule has 1 aromatic rings. The number of benzene rings is 1. The molecule has 1 aromatic carbocycles. The molecule has 1 aliphatic heterocycles. The Balaban J connectivity index is 1.58. The minimum absolute atomic E-state index is 0.334. The highest BCUT2D eigenvalue weighted by Gasteiger charge is 2.23. The quantitative estimate of drug-likeness (QED) is 0.767. The minimum Gasteiger partial charge on any atom is -0.481 e. The van der Waals surface area contributed by atoms with Crippen molar-refractivity contribution in [3.05, 3.63) is 35.9 Å². The fourth-order valence-electron chi connectivity index (χ4n) is 2.84. The Hall–Kier alpha value is -1.35. The van der Waals surface area contributed by atoms with Crippen molar-refractivity contribution in [1.82, 2.24) is 4.90 Å². The van der Waals surface area contributed by atoms with E-state index in [1.165, 1.54) is 18.4 Å². The second-order valence-electron chi connectivity index (χ2n) is 5.50. The summed E-state index contributed by atoms with van der Waals surface area (Å²) >= 11 is 0. The van der Waals surface area contributed by atoms with Crippen LogP contribution < -0.4 is 0 Å². The molecule has 0 amide bonds. The monoisotopic (exact) mass is 261 g/mol. The average Bonchev–Trinajstić information content (AvgIpc) is 2.83. The Kier molecular flexibility index (Phi) is 5.40. The first-order valence-electron chi connectivity index (χ1n) is 7.22. The molecule has 1 heterocycles. The molecular formula is C16H23NO2. The predicted octanol–water partition coefficient (Wildman–Crippen LogP) is 2.81. The summed E-state index contributed by atoms with van der Waals surface area (Å²) in [5.41, 5.74) is 1.41. The first kappa shape index (κ1) is 14.1. The molecule has 0 spiro atoms. The Morgan fingerprint density at radius 3 is 2.79 bits per heavy atom. The van der Waals surface area contributed by atoms with Crippen LogP contribution in [0.2, 0.25) is 0 Å². The maximum absolute atomic E-state index is 10.7. The number of hydrogen-bond acceptors (Lipinski definition) is 2. The highest BCUT2D eigenvalue weighted by molar-refractivity contribution is 5.67. The van der Waals surface area contributed by atoms with Crippen molar-refractivity contribution in [3.8, 4) is 0 Å². The van der Waals surface area contributed by atoms with E-state index in [1.807, 2.05) is 0 Å². The van der Waals surface area contributed by atoms with Gasteiger partial charge in [-0.05, 0) is 50.3 Å². The maximum atomic E-state index is 10.7. The molecule has 1 fully saturated rings. The molecule has 1 unspecified atom stereocenters. The van der Waals surface area contributed by atoms with E-state index in [1.54, 1.807) is 0 Å². The van der Waals surface area contributed by atoms with Gasteiger partial charge < -0.3 is 10.0 Å². The molecule has 3 nitrogen and oxygen atoms in total. The van der Waals surface area contributed by atoms with E-state index < -0.39 is 5.97 Å². The van der Waals surface area contributed by atoms with Crippen molar-refractivity contribution < 1.29 is 9.90 Å². The summed E-state index contributed by atoms with van der Waals surface area (Å²) in [6.45, 7) is 3.16. The number of nitrogens with zero attached hydrogens (tertiary/aromatic N) is 1. The van der Waals surface area contributed by atoms with Crippen LogP contribution in [0.3, 0.4) is 0 Å². The van der Waals surface area contributed by atoms with E-state index in [0.717, 1.165) is 32.5 Å². The minimum atomic E-state index is -0.657. The number of carboxylic acids is 1. The van der Waals surface area contributed by atoms with E-state index >= 15 is 0 Å². The molecular weight excluding hydrogens is 238 g/mol. The van der Waals surface area contributed by atoms with Crippen molar-refractivity contribution in [2.24, 2.45) is 5.92 Å². The lowest BCUT2D eigenvalue weighted by Gasteiger charge is -2.15. The third-order valence-electron chi connectivity index (χ3n) is 3.87. The highest BCUT2D eigenvalue weighted by atomic mass is 16.4. The van der Waals surface area contributed by atoms with E-state index in [4.69, 9.17) is 5.11 Å². The number of aryl methyl sites for hydroxylation is 1. The van der Waals surface area contributed by atoms with Gasteiger partial charge in [-0.25, -0.2) is 0 Å². The molecule has 19 heavy (non-hydrogen) atoms. The second kappa shape index (κ2) is 7.29. The molecule has 1 aliphatic rings. The van der Waals surface area contributed by atoms with Crippen LogP contribution >= 0.6 is 0 Å². The zero-order valence-corrected chi connectivity index (χ0v) is 11.4. The van der Waals surface area contributed by atoms with Gasteiger partial charge in [0.15, 0.2) is 0 Å². The Morgan fingerprint density at radius 1 is 1.26 bits per heavy atom. The third kappa shape index (κ3) is 5.03. The van der Waals surface area contributed by atoms with Gasteiger partial charge in [-0.15, -0.1) is 0 Å². The molecule has 2 rings (SSSR count). The number of carboxylic acid groups (broad SMARTS) is 1. The lowest BCUT2D eigenvalue weighted by atomic mass is 10.1. The molecule has 1 N–H and O–H groups in total. The molecule has 0 saturated carbocycles. The number of carbonyl (C=O) groups is 1. The zero-order valence-electron chi connectivity index (χ0n) is 11.4. The fraction of sp³-hybridized carbons (Fsp3) is 0.562. The van der Waals surface area contributed by atoms with Crippen LogP contribution in [0.25, 0.3) is 0 Å². The van der Waals surface area contributed by atoms with Crippen molar-refractivity contribution >= 4 is 5.97 Å². The van der Waals surface area contributed by atoms with Gasteiger partial charge in [-0.1, -0.05) is 30.3 Å². The normalized spacial score (nSPS) is 19.7. The summed E-state index contributed by atoms with van der Waals surface area (Å²) in [5, 5.41) is 8.78. The van der Waals surface area contributed by atoms with Gasteiger partial charge in [0.25, 0.3) is 0 Å². The summed E-state index contributed by atoms with van der Waals surface area (Å²) in [4.78, 5) is 13.1. The van der Waals surface area contributed by atoms with Crippen LogP contribution in [0.4, 0.5) is 0 Å². The number of hydrogen-bond donors (Lipinski definition) is 1. The van der Waals surface area contributed by atoms with E-state index in [0.29, 0.717) is 12.3 Å². The standard InChI is InChI=1S/C16H23NO2/c18-16(19)12-15-9-11-17(13-15)10-5-4-8-14-6-2-1-3-7-14/h1-3,6-7,15H,4-5,8-13H2,(H,18,19). The zero-order chi connectivity index (χ0) is 13.5. The molecule has 0 aliphatic carbocycles. The summed E-state index contributed by atoms with van der Waals surface area (Å²) < 4.78 is 0. The number of aliphatic carboxylic acids is 1. The van der Waals surface area contributed by atoms with Crippen molar-refractivity contribution in [2.45, 2.75) is 32.1 Å². The second-order valence-corrected chi connectivity index (χ2v) is 5.50. The van der Waals surface area contributed by atoms with Gasteiger partial charge in [0.05, 0.1) is 0 Å². The smallest absolute Gasteiger partial charge is 0.303 e. The first-order valence-corrected chi connectivity index (χ1v) is 7.22. The molecule has 0 bridgehead atoms. The van der Waals surface area contributed by atoms with E-state index in [2.05, 4.69) is 35.2 Å². The van der Waals surface area contributed by atoms with E-state index in [-0.39, 0.29) is 0 Å². The lowest BCUT2D eigenvalue weighted by molar-refractivity contribution is -0.138. The maximum Gasteiger partial charge on any atom is 0.303 e. The summed E-state index contributed by atoms with van der Waals surface area (Å²) in [7, 11) is 0. The third-order valence-corrected chi connectivity index (χ3v) is 3.87. The lowest BCUT2D eigenvalue weighted by Crippen LogP contribution is -2.22. The number of rotatable bonds is 7. The van der Waals surface area contributed by atoms with Crippen LogP contribution in [0, 0.1) is 5.92 Å². The van der Waals surface area contributed by atoms with Crippen LogP contribution in [0.15, 0.2) is 30.3 Å². The topological polar surface area (TPSA) is 40.5 Å². The molecule has 1 atom stereocenters. The van der Waals surface area contributed by atoms with Gasteiger partial charge in [0, 0.05) is 13.0 Å². The molecule has 0 radical (unpaired) electrons. The summed E-state index contributed by atoms with van der Waals surface area (Å²) in [5.74, 6) is -0.289. The number of likely N-dealkylation sites (tertiary alicyclic amines) is 1. The van der Waals surface area contributed by atoms with Gasteiger partial charge in [-0.3, -0.25) is 4.79 Å². The van der Waals surface area contributed by atoms with Gasteiger partial charge in [-0.2, -0.15) is 0 Å². The molecule has 3 heteroatoms. The molecule has 0 aromatic heterocycles. The number of unbranched alkanes of at least 4 members (excludes halogenated alkanes) is 1. The summed E-state index contributed by atoms with van der Waals surface area (Å²) in [6, 6.07) is 10.6. The Bertz CT molecular complexity index is 391. The van der Waals surface area contributed by atoms with Crippen LogP contribution in [0.5, 0.6) is 0 Å². The molecule has 1 saturated heterocycles. The Labute approximate surface area is 115 Å². The fourth-order valence-corrected chi connectivity index (χ4v) is 2.84. The molecule has 104 valence electrons. The van der Waals surface area contributed by atoms with Crippen LogP contribution in [0.1, 0.15) is 31.2 Å². The van der Waals surface area contributed by atoms with Crippen molar-refractivity contribution in [1.29, 1.82) is 0 Å². The first-order chi connectivity index (χ1) is 9.24. The largest absolute Gasteiger partial charge is 0.481 e. The Morgan fingerprint density at radius 2 is 2.05 bits per heavy atom. The van der Waals surface area contributed by atoms with Gasteiger partial charge >= 0.3 is 5.97 Å². The SMILES string of the molecule is O=C(O)CC1CCN(CCCCc2ccccc2)C1. The predicted molar refractivity (Wildman–Crippen MR) is 76.2 cm³/mol. The van der Waals surface area contributed by atoms with Crippen molar-refractivity contribution in [2.75, 3.05) is 19.6 Å².